The quantitative estimate of drug-likeness (QED) is 0.760. The van der Waals surface area contributed by atoms with Gasteiger partial charge in [0.05, 0.1) is 19.8 Å². The Labute approximate surface area is 167 Å². The highest BCUT2D eigenvalue weighted by Crippen LogP contribution is 2.30. The van der Waals surface area contributed by atoms with Crippen LogP contribution in [0.1, 0.15) is 27.9 Å². The fraction of sp³-hybridized carbons (Fsp3) is 0.435. The number of nitrogens with zero attached hydrogens (tertiary/aromatic N) is 1. The van der Waals surface area contributed by atoms with Crippen LogP contribution in [0.2, 0.25) is 0 Å². The van der Waals surface area contributed by atoms with Crippen LogP contribution in [0.5, 0.6) is 5.75 Å². The van der Waals surface area contributed by atoms with Crippen molar-refractivity contribution in [2.75, 3.05) is 40.5 Å². The SMILES string of the molecule is COCCC1CN(C(=O)c2ccc(-c3cc(C)c(OC)c(C)c3)cc2)CCO1. The zero-order valence-electron chi connectivity index (χ0n) is 17.2. The van der Waals surface area contributed by atoms with Crippen molar-refractivity contribution in [3.8, 4) is 16.9 Å². The van der Waals surface area contributed by atoms with Crippen molar-refractivity contribution >= 4 is 5.91 Å². The van der Waals surface area contributed by atoms with Gasteiger partial charge in [-0.1, -0.05) is 12.1 Å². The molecule has 28 heavy (non-hydrogen) atoms. The lowest BCUT2D eigenvalue weighted by atomic mass is 9.98. The number of carbonyl (C=O) groups excluding carboxylic acids is 1. The summed E-state index contributed by atoms with van der Waals surface area (Å²) in [6.45, 7) is 6.55. The molecule has 1 fully saturated rings. The van der Waals surface area contributed by atoms with Gasteiger partial charge in [-0.2, -0.15) is 0 Å². The molecule has 1 unspecified atom stereocenters. The molecule has 150 valence electrons. The molecule has 3 rings (SSSR count). The molecule has 0 saturated carbocycles. The fourth-order valence-electron chi connectivity index (χ4n) is 3.75. The van der Waals surface area contributed by atoms with E-state index in [4.69, 9.17) is 14.2 Å². The highest BCUT2D eigenvalue weighted by molar-refractivity contribution is 5.94. The molecule has 5 heteroatoms. The van der Waals surface area contributed by atoms with Crippen molar-refractivity contribution < 1.29 is 19.0 Å². The molecule has 2 aromatic rings. The lowest BCUT2D eigenvalue weighted by Gasteiger charge is -2.33. The summed E-state index contributed by atoms with van der Waals surface area (Å²) in [5, 5.41) is 0. The predicted molar refractivity (Wildman–Crippen MR) is 110 cm³/mol. The Kier molecular flexibility index (Phi) is 6.70. The molecule has 5 nitrogen and oxygen atoms in total. The maximum atomic E-state index is 12.9. The molecular weight excluding hydrogens is 354 g/mol. The zero-order valence-corrected chi connectivity index (χ0v) is 17.2. The van der Waals surface area contributed by atoms with E-state index in [1.807, 2.05) is 43.0 Å². The van der Waals surface area contributed by atoms with Gasteiger partial charge in [-0.3, -0.25) is 4.79 Å². The van der Waals surface area contributed by atoms with E-state index in [-0.39, 0.29) is 12.0 Å². The first-order valence-corrected chi connectivity index (χ1v) is 9.69. The van der Waals surface area contributed by atoms with Crippen molar-refractivity contribution in [3.05, 3.63) is 53.1 Å². The largest absolute Gasteiger partial charge is 0.496 e. The van der Waals surface area contributed by atoms with Crippen molar-refractivity contribution in [1.29, 1.82) is 0 Å². The van der Waals surface area contributed by atoms with Gasteiger partial charge < -0.3 is 19.1 Å². The number of ether oxygens (including phenoxy) is 3. The minimum absolute atomic E-state index is 0.0437. The van der Waals surface area contributed by atoms with E-state index in [0.717, 1.165) is 34.4 Å². The zero-order chi connectivity index (χ0) is 20.1. The van der Waals surface area contributed by atoms with E-state index in [1.54, 1.807) is 14.2 Å². The Morgan fingerprint density at radius 2 is 1.79 bits per heavy atom. The summed E-state index contributed by atoms with van der Waals surface area (Å²) >= 11 is 0. The number of carbonyl (C=O) groups is 1. The Balaban J connectivity index is 1.73. The van der Waals surface area contributed by atoms with Gasteiger partial charge in [-0.05, 0) is 66.8 Å². The Morgan fingerprint density at radius 1 is 1.11 bits per heavy atom. The Bertz CT molecular complexity index is 793. The Hall–Kier alpha value is -2.37. The molecule has 0 aromatic heterocycles. The van der Waals surface area contributed by atoms with E-state index < -0.39 is 0 Å². The van der Waals surface area contributed by atoms with Crippen molar-refractivity contribution in [1.82, 2.24) is 4.90 Å². The minimum Gasteiger partial charge on any atom is -0.496 e. The summed E-state index contributed by atoms with van der Waals surface area (Å²) < 4.78 is 16.3. The molecule has 1 heterocycles. The van der Waals surface area contributed by atoms with Crippen LogP contribution in [0.3, 0.4) is 0 Å². The number of aryl methyl sites for hydroxylation is 2. The van der Waals surface area contributed by atoms with Crippen LogP contribution in [0.15, 0.2) is 36.4 Å². The first-order chi connectivity index (χ1) is 13.5. The molecule has 0 radical (unpaired) electrons. The maximum absolute atomic E-state index is 12.9. The molecule has 0 bridgehead atoms. The number of morpholine rings is 1. The summed E-state index contributed by atoms with van der Waals surface area (Å²) in [5.74, 6) is 0.977. The van der Waals surface area contributed by atoms with Crippen molar-refractivity contribution in [2.24, 2.45) is 0 Å². The lowest BCUT2D eigenvalue weighted by molar-refractivity contribution is -0.0332. The van der Waals surface area contributed by atoms with Crippen LogP contribution < -0.4 is 4.74 Å². The number of hydrogen-bond donors (Lipinski definition) is 0. The van der Waals surface area contributed by atoms with Gasteiger partial charge in [-0.15, -0.1) is 0 Å². The predicted octanol–water partition coefficient (Wildman–Crippen LogP) is 3.86. The second-order valence-electron chi connectivity index (χ2n) is 7.25. The normalized spacial score (nSPS) is 16.9. The molecule has 2 aromatic carbocycles. The van der Waals surface area contributed by atoms with E-state index in [9.17, 15) is 4.79 Å². The van der Waals surface area contributed by atoms with Gasteiger partial charge in [0.15, 0.2) is 0 Å². The molecule has 0 spiro atoms. The lowest BCUT2D eigenvalue weighted by Crippen LogP contribution is -2.45. The van der Waals surface area contributed by atoms with Crippen LogP contribution >= 0.6 is 0 Å². The molecule has 1 amide bonds. The summed E-state index contributed by atoms with van der Waals surface area (Å²) in [6, 6.07) is 12.1. The standard InChI is InChI=1S/C23H29NO4/c1-16-13-20(14-17(2)22(16)27-4)18-5-7-19(8-6-18)23(25)24-10-12-28-21(15-24)9-11-26-3/h5-8,13-14,21H,9-12,15H2,1-4H3. The summed E-state index contributed by atoms with van der Waals surface area (Å²) in [6.07, 6.45) is 0.845. The third-order valence-electron chi connectivity index (χ3n) is 5.20. The average molecular weight is 383 g/mol. The summed E-state index contributed by atoms with van der Waals surface area (Å²) in [5.41, 5.74) is 5.13. The number of methoxy groups -OCH3 is 2. The van der Waals surface area contributed by atoms with E-state index >= 15 is 0 Å². The number of benzene rings is 2. The van der Waals surface area contributed by atoms with Gasteiger partial charge in [0.2, 0.25) is 0 Å². The van der Waals surface area contributed by atoms with Crippen LogP contribution in [-0.4, -0.2) is 57.4 Å². The first-order valence-electron chi connectivity index (χ1n) is 9.69. The van der Waals surface area contributed by atoms with Crippen LogP contribution in [0.25, 0.3) is 11.1 Å². The second-order valence-corrected chi connectivity index (χ2v) is 7.25. The van der Waals surface area contributed by atoms with Crippen LogP contribution in [0, 0.1) is 13.8 Å². The van der Waals surface area contributed by atoms with E-state index in [0.29, 0.717) is 31.9 Å². The maximum Gasteiger partial charge on any atom is 0.254 e. The average Bonchev–Trinajstić information content (AvgIpc) is 2.72. The fourth-order valence-corrected chi connectivity index (χ4v) is 3.75. The highest BCUT2D eigenvalue weighted by Gasteiger charge is 2.24. The van der Waals surface area contributed by atoms with Gasteiger partial charge >= 0.3 is 0 Å². The number of hydrogen-bond acceptors (Lipinski definition) is 4. The molecular formula is C23H29NO4. The molecule has 1 atom stereocenters. The summed E-state index contributed by atoms with van der Waals surface area (Å²) in [7, 11) is 3.37. The first kappa shape index (κ1) is 20.4. The van der Waals surface area contributed by atoms with Crippen molar-refractivity contribution in [2.45, 2.75) is 26.4 Å². The van der Waals surface area contributed by atoms with Gasteiger partial charge in [0.1, 0.15) is 5.75 Å². The third-order valence-corrected chi connectivity index (χ3v) is 5.20. The molecule has 0 aliphatic carbocycles. The monoisotopic (exact) mass is 383 g/mol. The number of rotatable bonds is 6. The smallest absolute Gasteiger partial charge is 0.254 e. The van der Waals surface area contributed by atoms with Crippen LogP contribution in [0.4, 0.5) is 0 Å². The number of amides is 1. The third kappa shape index (κ3) is 4.54. The van der Waals surface area contributed by atoms with E-state index in [1.165, 1.54) is 0 Å². The highest BCUT2D eigenvalue weighted by atomic mass is 16.5. The van der Waals surface area contributed by atoms with Gasteiger partial charge in [0.25, 0.3) is 5.91 Å². The Morgan fingerprint density at radius 3 is 2.39 bits per heavy atom. The summed E-state index contributed by atoms with van der Waals surface area (Å²) in [4.78, 5) is 14.8. The molecule has 1 saturated heterocycles. The van der Waals surface area contributed by atoms with E-state index in [2.05, 4.69) is 12.1 Å². The molecule has 1 aliphatic heterocycles. The minimum atomic E-state index is 0.0437. The van der Waals surface area contributed by atoms with Gasteiger partial charge in [0, 0.05) is 32.4 Å². The van der Waals surface area contributed by atoms with Crippen molar-refractivity contribution in [3.63, 3.8) is 0 Å². The van der Waals surface area contributed by atoms with Gasteiger partial charge in [-0.25, -0.2) is 0 Å². The topological polar surface area (TPSA) is 48.0 Å². The van der Waals surface area contributed by atoms with Crippen LogP contribution in [-0.2, 0) is 9.47 Å². The molecule has 0 N–H and O–H groups in total. The second kappa shape index (κ2) is 9.22. The molecule has 1 aliphatic rings.